The van der Waals surface area contributed by atoms with Crippen LogP contribution in [0.3, 0.4) is 0 Å². The zero-order valence-electron chi connectivity index (χ0n) is 12.1. The lowest BCUT2D eigenvalue weighted by Crippen LogP contribution is -2.34. The average Bonchev–Trinajstić information content (AvgIpc) is 3.20. The molecule has 4 nitrogen and oxygen atoms in total. The summed E-state index contributed by atoms with van der Waals surface area (Å²) < 4.78 is 0. The number of hydrogen-bond donors (Lipinski definition) is 1. The number of hydrogen-bond acceptors (Lipinski definition) is 3. The molecular weight excluding hydrogens is 264 g/mol. The van der Waals surface area contributed by atoms with Gasteiger partial charge in [0.25, 0.3) is 11.7 Å². The second-order valence-corrected chi connectivity index (χ2v) is 6.46. The summed E-state index contributed by atoms with van der Waals surface area (Å²) in [4.78, 5) is 25.6. The highest BCUT2D eigenvalue weighted by molar-refractivity contribution is 6.51. The van der Waals surface area contributed by atoms with E-state index in [-0.39, 0.29) is 0 Å². The van der Waals surface area contributed by atoms with E-state index in [0.717, 1.165) is 18.2 Å². The average molecular weight is 284 g/mol. The van der Waals surface area contributed by atoms with Gasteiger partial charge in [-0.1, -0.05) is 12.8 Å². The monoisotopic (exact) mass is 284 g/mol. The zero-order valence-corrected chi connectivity index (χ0v) is 12.1. The van der Waals surface area contributed by atoms with Crippen LogP contribution in [0.2, 0.25) is 0 Å². The Morgan fingerprint density at radius 3 is 2.67 bits per heavy atom. The van der Waals surface area contributed by atoms with Crippen molar-refractivity contribution in [1.29, 1.82) is 0 Å². The molecule has 21 heavy (non-hydrogen) atoms. The number of amides is 1. The third-order valence-electron chi connectivity index (χ3n) is 5.28. The van der Waals surface area contributed by atoms with Gasteiger partial charge in [0.1, 0.15) is 0 Å². The molecule has 1 amide bonds. The molecule has 3 aliphatic rings. The van der Waals surface area contributed by atoms with E-state index in [2.05, 4.69) is 10.2 Å². The molecule has 2 aliphatic heterocycles. The molecule has 1 aromatic carbocycles. The van der Waals surface area contributed by atoms with E-state index in [4.69, 9.17) is 0 Å². The third-order valence-corrected chi connectivity index (χ3v) is 5.28. The molecule has 0 bridgehead atoms. The molecular formula is C17H20N2O2. The van der Waals surface area contributed by atoms with Gasteiger partial charge in [0, 0.05) is 18.3 Å². The standard InChI is InChI=1S/C17H20N2O2/c20-16-13-8-7-12(10-14(13)18-17(16)21)19-9-3-6-15(19)11-4-1-2-5-11/h7-8,10-11,15H,1-6,9H2,(H,18,20,21). The summed E-state index contributed by atoms with van der Waals surface area (Å²) in [5, 5.41) is 2.68. The van der Waals surface area contributed by atoms with Gasteiger partial charge in [0.2, 0.25) is 0 Å². The molecule has 1 atom stereocenters. The molecule has 2 heterocycles. The maximum absolute atomic E-state index is 11.7. The van der Waals surface area contributed by atoms with Crippen LogP contribution in [-0.4, -0.2) is 24.3 Å². The summed E-state index contributed by atoms with van der Waals surface area (Å²) in [5.74, 6) is -0.0989. The van der Waals surface area contributed by atoms with Gasteiger partial charge in [0.05, 0.1) is 11.3 Å². The van der Waals surface area contributed by atoms with Crippen LogP contribution in [0, 0.1) is 5.92 Å². The molecule has 1 aromatic rings. The van der Waals surface area contributed by atoms with Crippen molar-refractivity contribution in [3.05, 3.63) is 23.8 Å². The van der Waals surface area contributed by atoms with Crippen LogP contribution >= 0.6 is 0 Å². The number of carbonyl (C=O) groups excluding carboxylic acids is 2. The predicted octanol–water partition coefficient (Wildman–Crippen LogP) is 2.98. The molecule has 4 rings (SSSR count). The number of ketones is 1. The van der Waals surface area contributed by atoms with Gasteiger partial charge in [-0.25, -0.2) is 0 Å². The van der Waals surface area contributed by atoms with Crippen molar-refractivity contribution in [2.24, 2.45) is 5.92 Å². The topological polar surface area (TPSA) is 49.4 Å². The largest absolute Gasteiger partial charge is 0.368 e. The minimum atomic E-state index is -0.504. The van der Waals surface area contributed by atoms with E-state index >= 15 is 0 Å². The van der Waals surface area contributed by atoms with Crippen LogP contribution in [0.25, 0.3) is 0 Å². The SMILES string of the molecule is O=C1Nc2cc(N3CCCC3C3CCCC3)ccc2C1=O. The van der Waals surface area contributed by atoms with Gasteiger partial charge in [-0.3, -0.25) is 9.59 Å². The molecule has 1 saturated heterocycles. The Morgan fingerprint density at radius 2 is 1.86 bits per heavy atom. The Morgan fingerprint density at radius 1 is 1.05 bits per heavy atom. The van der Waals surface area contributed by atoms with Crippen molar-refractivity contribution in [3.8, 4) is 0 Å². The van der Waals surface area contributed by atoms with Gasteiger partial charge < -0.3 is 10.2 Å². The Balaban J connectivity index is 1.63. The molecule has 1 saturated carbocycles. The van der Waals surface area contributed by atoms with E-state index in [1.54, 1.807) is 6.07 Å². The summed E-state index contributed by atoms with van der Waals surface area (Å²) in [5.41, 5.74) is 2.35. The van der Waals surface area contributed by atoms with Crippen LogP contribution in [-0.2, 0) is 4.79 Å². The van der Waals surface area contributed by atoms with E-state index in [1.807, 2.05) is 12.1 Å². The molecule has 1 aliphatic carbocycles. The number of Topliss-reactive ketones (excluding diaryl/α,β-unsaturated/α-hetero) is 1. The molecule has 4 heteroatoms. The van der Waals surface area contributed by atoms with E-state index in [0.29, 0.717) is 17.3 Å². The van der Waals surface area contributed by atoms with Gasteiger partial charge in [-0.05, 0) is 49.8 Å². The second kappa shape index (κ2) is 4.86. The summed E-state index contributed by atoms with van der Waals surface area (Å²) >= 11 is 0. The van der Waals surface area contributed by atoms with Crippen molar-refractivity contribution < 1.29 is 9.59 Å². The predicted molar refractivity (Wildman–Crippen MR) is 81.7 cm³/mol. The first-order valence-corrected chi connectivity index (χ1v) is 8.00. The molecule has 1 unspecified atom stereocenters. The van der Waals surface area contributed by atoms with Crippen molar-refractivity contribution in [1.82, 2.24) is 0 Å². The summed E-state index contributed by atoms with van der Waals surface area (Å²) in [7, 11) is 0. The van der Waals surface area contributed by atoms with Crippen LogP contribution in [0.4, 0.5) is 11.4 Å². The second-order valence-electron chi connectivity index (χ2n) is 6.46. The third kappa shape index (κ3) is 2.04. The minimum absolute atomic E-state index is 0.412. The normalized spacial score (nSPS) is 25.5. The number of nitrogens with zero attached hydrogens (tertiary/aromatic N) is 1. The summed E-state index contributed by atoms with van der Waals surface area (Å²) in [6.45, 7) is 1.09. The quantitative estimate of drug-likeness (QED) is 0.849. The summed E-state index contributed by atoms with van der Waals surface area (Å²) in [6, 6.07) is 6.42. The highest BCUT2D eigenvalue weighted by atomic mass is 16.2. The number of carbonyl (C=O) groups is 2. The van der Waals surface area contributed by atoms with Gasteiger partial charge in [-0.15, -0.1) is 0 Å². The zero-order chi connectivity index (χ0) is 14.4. The molecule has 1 N–H and O–H groups in total. The van der Waals surface area contributed by atoms with E-state index < -0.39 is 11.7 Å². The van der Waals surface area contributed by atoms with Crippen molar-refractivity contribution in [2.45, 2.75) is 44.6 Å². The van der Waals surface area contributed by atoms with Crippen LogP contribution in [0.15, 0.2) is 18.2 Å². The first-order valence-electron chi connectivity index (χ1n) is 8.00. The highest BCUT2D eigenvalue weighted by Gasteiger charge is 2.34. The lowest BCUT2D eigenvalue weighted by Gasteiger charge is -2.31. The molecule has 0 spiro atoms. The number of fused-ring (bicyclic) bond motifs is 1. The van der Waals surface area contributed by atoms with Crippen LogP contribution in [0.5, 0.6) is 0 Å². The number of rotatable bonds is 2. The Bertz CT molecular complexity index is 605. The van der Waals surface area contributed by atoms with Crippen molar-refractivity contribution in [3.63, 3.8) is 0 Å². The van der Waals surface area contributed by atoms with E-state index in [9.17, 15) is 9.59 Å². The maximum atomic E-state index is 11.7. The molecule has 110 valence electrons. The van der Waals surface area contributed by atoms with Crippen molar-refractivity contribution >= 4 is 23.1 Å². The van der Waals surface area contributed by atoms with Crippen LogP contribution < -0.4 is 10.2 Å². The fourth-order valence-electron chi connectivity index (χ4n) is 4.26. The van der Waals surface area contributed by atoms with Gasteiger partial charge >= 0.3 is 0 Å². The molecule has 0 radical (unpaired) electrons. The number of nitrogens with one attached hydrogen (secondary N) is 1. The molecule has 0 aromatic heterocycles. The van der Waals surface area contributed by atoms with Crippen LogP contribution in [0.1, 0.15) is 48.9 Å². The maximum Gasteiger partial charge on any atom is 0.296 e. The first-order chi connectivity index (χ1) is 10.2. The first kappa shape index (κ1) is 12.9. The fourth-order valence-corrected chi connectivity index (χ4v) is 4.26. The number of benzene rings is 1. The Kier molecular flexibility index (Phi) is 2.98. The van der Waals surface area contributed by atoms with Crippen molar-refractivity contribution in [2.75, 3.05) is 16.8 Å². The number of anilines is 2. The fraction of sp³-hybridized carbons (Fsp3) is 0.529. The Hall–Kier alpha value is -1.84. The lowest BCUT2D eigenvalue weighted by atomic mass is 9.95. The van der Waals surface area contributed by atoms with Gasteiger partial charge in [-0.2, -0.15) is 0 Å². The van der Waals surface area contributed by atoms with Gasteiger partial charge in [0.15, 0.2) is 0 Å². The van der Waals surface area contributed by atoms with E-state index in [1.165, 1.54) is 38.5 Å². The smallest absolute Gasteiger partial charge is 0.296 e. The Labute approximate surface area is 124 Å². The highest BCUT2D eigenvalue weighted by Crippen LogP contribution is 2.39. The minimum Gasteiger partial charge on any atom is -0.368 e. The lowest BCUT2D eigenvalue weighted by molar-refractivity contribution is -0.112. The molecule has 2 fully saturated rings. The summed E-state index contributed by atoms with van der Waals surface area (Å²) in [6.07, 6.45) is 7.94.